The number of aliphatic hydroxyl groups is 1. The summed E-state index contributed by atoms with van der Waals surface area (Å²) in [5, 5.41) is 28.1. The van der Waals surface area contributed by atoms with Crippen molar-refractivity contribution in [3.8, 4) is 11.5 Å². The quantitative estimate of drug-likeness (QED) is 0.335. The lowest BCUT2D eigenvalue weighted by atomic mass is 10.0. The van der Waals surface area contributed by atoms with E-state index < -0.39 is 0 Å². The van der Waals surface area contributed by atoms with E-state index in [0.29, 0.717) is 0 Å². The number of rotatable bonds is 15. The number of hydrogen-bond donors (Lipinski definition) is 3. The highest BCUT2D eigenvalue weighted by atomic mass is 16.3. The van der Waals surface area contributed by atoms with Crippen molar-refractivity contribution in [1.82, 2.24) is 0 Å². The standard InChI is InChI=1S/C22H38O3/c1-19(23)14-12-10-8-6-4-2-3-5-7-9-11-13-15-20-16-21(24)18-22(25)17-20/h16-19,23-25H,2-15H2,1H3/t19-/m0/s1. The monoisotopic (exact) mass is 350 g/mol. The van der Waals surface area contributed by atoms with Crippen LogP contribution in [-0.4, -0.2) is 21.4 Å². The van der Waals surface area contributed by atoms with Crippen molar-refractivity contribution in [3.05, 3.63) is 23.8 Å². The Hall–Kier alpha value is -1.22. The van der Waals surface area contributed by atoms with Gasteiger partial charge in [-0.2, -0.15) is 0 Å². The minimum atomic E-state index is -0.132. The summed E-state index contributed by atoms with van der Waals surface area (Å²) in [6, 6.07) is 4.85. The molecule has 3 N–H and O–H groups in total. The molecule has 3 nitrogen and oxygen atoms in total. The molecule has 0 saturated carbocycles. The van der Waals surface area contributed by atoms with Crippen LogP contribution in [-0.2, 0) is 6.42 Å². The Morgan fingerprint density at radius 2 is 1.04 bits per heavy atom. The van der Waals surface area contributed by atoms with Gasteiger partial charge in [-0.1, -0.05) is 70.6 Å². The molecule has 1 aromatic carbocycles. The summed E-state index contributed by atoms with van der Waals surface area (Å²) in [5.74, 6) is 0.302. The van der Waals surface area contributed by atoms with E-state index in [0.717, 1.165) is 24.8 Å². The summed E-state index contributed by atoms with van der Waals surface area (Å²) < 4.78 is 0. The predicted molar refractivity (Wildman–Crippen MR) is 105 cm³/mol. The lowest BCUT2D eigenvalue weighted by Crippen LogP contribution is -1.98. The summed E-state index contributed by atoms with van der Waals surface area (Å²) in [6.45, 7) is 1.87. The van der Waals surface area contributed by atoms with Gasteiger partial charge in [-0.15, -0.1) is 0 Å². The zero-order chi connectivity index (χ0) is 18.3. The van der Waals surface area contributed by atoms with Crippen LogP contribution in [0.1, 0.15) is 96.0 Å². The van der Waals surface area contributed by atoms with Gasteiger partial charge in [0.15, 0.2) is 0 Å². The van der Waals surface area contributed by atoms with Crippen LogP contribution in [0.5, 0.6) is 11.5 Å². The van der Waals surface area contributed by atoms with E-state index in [2.05, 4.69) is 0 Å². The van der Waals surface area contributed by atoms with Gasteiger partial charge in [0.05, 0.1) is 6.10 Å². The van der Waals surface area contributed by atoms with E-state index in [4.69, 9.17) is 0 Å². The fourth-order valence-corrected chi connectivity index (χ4v) is 3.34. The number of phenols is 2. The molecule has 25 heavy (non-hydrogen) atoms. The molecule has 0 aliphatic heterocycles. The van der Waals surface area contributed by atoms with Gasteiger partial charge in [0.2, 0.25) is 0 Å². The maximum absolute atomic E-state index is 9.45. The molecule has 1 aromatic rings. The smallest absolute Gasteiger partial charge is 0.119 e. The molecule has 0 saturated heterocycles. The average Bonchev–Trinajstić information content (AvgIpc) is 2.54. The number of hydrogen-bond acceptors (Lipinski definition) is 3. The Morgan fingerprint density at radius 1 is 0.640 bits per heavy atom. The highest BCUT2D eigenvalue weighted by Crippen LogP contribution is 2.22. The summed E-state index contributed by atoms with van der Waals surface area (Å²) >= 11 is 0. The van der Waals surface area contributed by atoms with Crippen LogP contribution < -0.4 is 0 Å². The number of aryl methyl sites for hydroxylation is 1. The van der Waals surface area contributed by atoms with E-state index in [1.54, 1.807) is 12.1 Å². The first-order chi connectivity index (χ1) is 12.1. The number of unbranched alkanes of at least 4 members (excludes halogenated alkanes) is 11. The number of aromatic hydroxyl groups is 2. The van der Waals surface area contributed by atoms with E-state index in [9.17, 15) is 15.3 Å². The first-order valence-corrected chi connectivity index (χ1v) is 10.3. The zero-order valence-electron chi connectivity index (χ0n) is 16.1. The van der Waals surface area contributed by atoms with Crippen LogP contribution in [0, 0.1) is 0 Å². The van der Waals surface area contributed by atoms with E-state index in [1.807, 2.05) is 6.92 Å². The third-order valence-corrected chi connectivity index (χ3v) is 4.80. The Morgan fingerprint density at radius 3 is 1.48 bits per heavy atom. The Bertz CT molecular complexity index is 423. The molecule has 0 radical (unpaired) electrons. The van der Waals surface area contributed by atoms with Crippen molar-refractivity contribution in [2.24, 2.45) is 0 Å². The molecule has 0 spiro atoms. The molecule has 0 heterocycles. The first-order valence-electron chi connectivity index (χ1n) is 10.3. The van der Waals surface area contributed by atoms with Crippen molar-refractivity contribution in [2.45, 2.75) is 103 Å². The molecule has 144 valence electrons. The number of phenolic OH excluding ortho intramolecular Hbond substituents is 2. The Kier molecular flexibility index (Phi) is 12.2. The average molecular weight is 351 g/mol. The van der Waals surface area contributed by atoms with Gasteiger partial charge in [-0.3, -0.25) is 0 Å². The lowest BCUT2D eigenvalue weighted by Gasteiger charge is -2.05. The molecule has 0 aromatic heterocycles. The second-order valence-corrected chi connectivity index (χ2v) is 7.49. The van der Waals surface area contributed by atoms with Gasteiger partial charge in [-0.05, 0) is 43.9 Å². The minimum Gasteiger partial charge on any atom is -0.508 e. The molecule has 3 heteroatoms. The van der Waals surface area contributed by atoms with Gasteiger partial charge >= 0.3 is 0 Å². The Labute approximate surface area is 154 Å². The van der Waals surface area contributed by atoms with Crippen molar-refractivity contribution < 1.29 is 15.3 Å². The maximum atomic E-state index is 9.45. The largest absolute Gasteiger partial charge is 0.508 e. The molecule has 0 aliphatic carbocycles. The van der Waals surface area contributed by atoms with Gasteiger partial charge in [-0.25, -0.2) is 0 Å². The maximum Gasteiger partial charge on any atom is 0.119 e. The summed E-state index contributed by atoms with van der Waals surface area (Å²) in [7, 11) is 0. The summed E-state index contributed by atoms with van der Waals surface area (Å²) in [4.78, 5) is 0. The third-order valence-electron chi connectivity index (χ3n) is 4.80. The highest BCUT2D eigenvalue weighted by Gasteiger charge is 2.00. The molecule has 0 amide bonds. The topological polar surface area (TPSA) is 60.7 Å². The van der Waals surface area contributed by atoms with E-state index in [1.165, 1.54) is 76.7 Å². The highest BCUT2D eigenvalue weighted by molar-refractivity contribution is 5.36. The lowest BCUT2D eigenvalue weighted by molar-refractivity contribution is 0.180. The van der Waals surface area contributed by atoms with Crippen molar-refractivity contribution in [1.29, 1.82) is 0 Å². The summed E-state index contributed by atoms with van der Waals surface area (Å²) in [6.07, 6.45) is 17.2. The molecular formula is C22H38O3. The van der Waals surface area contributed by atoms with Crippen molar-refractivity contribution >= 4 is 0 Å². The normalized spacial score (nSPS) is 12.4. The summed E-state index contributed by atoms with van der Waals surface area (Å²) in [5.41, 5.74) is 1.02. The van der Waals surface area contributed by atoms with Crippen LogP contribution in [0.2, 0.25) is 0 Å². The zero-order valence-corrected chi connectivity index (χ0v) is 16.1. The van der Waals surface area contributed by atoms with Crippen molar-refractivity contribution in [3.63, 3.8) is 0 Å². The minimum absolute atomic E-state index is 0.132. The SMILES string of the molecule is C[C@H](O)CCCCCCCCCCCCCCc1cc(O)cc(O)c1. The van der Waals surface area contributed by atoms with Gasteiger partial charge < -0.3 is 15.3 Å². The fraction of sp³-hybridized carbons (Fsp3) is 0.727. The number of benzene rings is 1. The van der Waals surface area contributed by atoms with Gasteiger partial charge in [0.25, 0.3) is 0 Å². The third kappa shape index (κ3) is 12.7. The van der Waals surface area contributed by atoms with Crippen LogP contribution in [0.25, 0.3) is 0 Å². The molecule has 1 atom stereocenters. The Balaban J connectivity index is 1.83. The van der Waals surface area contributed by atoms with Gasteiger partial charge in [0, 0.05) is 6.07 Å². The van der Waals surface area contributed by atoms with E-state index >= 15 is 0 Å². The molecule has 0 unspecified atom stereocenters. The first kappa shape index (κ1) is 21.8. The molecule has 0 fully saturated rings. The molecular weight excluding hydrogens is 312 g/mol. The van der Waals surface area contributed by atoms with Crippen LogP contribution in [0.3, 0.4) is 0 Å². The fourth-order valence-electron chi connectivity index (χ4n) is 3.34. The number of aliphatic hydroxyl groups excluding tert-OH is 1. The molecule has 0 aliphatic rings. The molecule has 1 rings (SSSR count). The van der Waals surface area contributed by atoms with Gasteiger partial charge in [0.1, 0.15) is 11.5 Å². The molecule has 0 bridgehead atoms. The second kappa shape index (κ2) is 14.0. The van der Waals surface area contributed by atoms with E-state index in [-0.39, 0.29) is 17.6 Å². The van der Waals surface area contributed by atoms with Crippen LogP contribution in [0.4, 0.5) is 0 Å². The van der Waals surface area contributed by atoms with Crippen LogP contribution in [0.15, 0.2) is 18.2 Å². The van der Waals surface area contributed by atoms with Crippen LogP contribution >= 0.6 is 0 Å². The predicted octanol–water partition coefficient (Wildman–Crippen LogP) is 6.09. The van der Waals surface area contributed by atoms with Crippen molar-refractivity contribution in [2.75, 3.05) is 0 Å². The second-order valence-electron chi connectivity index (χ2n) is 7.49.